The second-order valence-electron chi connectivity index (χ2n) is 5.91. The Balaban J connectivity index is 1.80. The summed E-state index contributed by atoms with van der Waals surface area (Å²) in [4.78, 5) is 8.68. The normalized spacial score (nSPS) is 12.5. The highest BCUT2D eigenvalue weighted by Crippen LogP contribution is 2.27. The Kier molecular flexibility index (Phi) is 4.09. The molecule has 0 radical (unpaired) electrons. The van der Waals surface area contributed by atoms with Gasteiger partial charge in [0.2, 0.25) is 5.03 Å². The van der Waals surface area contributed by atoms with Crippen LogP contribution >= 0.6 is 0 Å². The van der Waals surface area contributed by atoms with Crippen LogP contribution in [0.15, 0.2) is 41.6 Å². The van der Waals surface area contributed by atoms with Crippen LogP contribution in [0, 0.1) is 13.8 Å². The van der Waals surface area contributed by atoms with Gasteiger partial charge < -0.3 is 9.87 Å². The van der Waals surface area contributed by atoms with Gasteiger partial charge in [0.15, 0.2) is 5.82 Å². The average Bonchev–Trinajstić information content (AvgIpc) is 3.21. The first-order valence-corrected chi connectivity index (χ1v) is 9.52. The van der Waals surface area contributed by atoms with Gasteiger partial charge in [0.25, 0.3) is 0 Å². The third kappa shape index (κ3) is 3.02. The number of H-pyrrole nitrogens is 1. The molecule has 0 aliphatic carbocycles. The Hall–Kier alpha value is -2.91. The fourth-order valence-corrected chi connectivity index (χ4v) is 3.29. The van der Waals surface area contributed by atoms with Crippen LogP contribution in [0.3, 0.4) is 0 Å². The topological polar surface area (TPSA) is 107 Å². The summed E-state index contributed by atoms with van der Waals surface area (Å²) < 4.78 is 13.5. The molecule has 132 valence electrons. The highest BCUT2D eigenvalue weighted by Gasteiger charge is 2.16. The summed E-state index contributed by atoms with van der Waals surface area (Å²) >= 11 is -1.20. The highest BCUT2D eigenvalue weighted by atomic mass is 32.2. The van der Waals surface area contributed by atoms with E-state index in [0.29, 0.717) is 16.7 Å². The van der Waals surface area contributed by atoms with E-state index in [-0.39, 0.29) is 0 Å². The van der Waals surface area contributed by atoms with Gasteiger partial charge in [-0.2, -0.15) is 19.9 Å². The quantitative estimate of drug-likeness (QED) is 0.424. The predicted octanol–water partition coefficient (Wildman–Crippen LogP) is 2.64. The first-order chi connectivity index (χ1) is 12.5. The number of anilines is 2. The minimum Gasteiger partial charge on any atom is -0.610 e. The van der Waals surface area contributed by atoms with E-state index in [1.54, 1.807) is 30.1 Å². The Labute approximate surface area is 152 Å². The van der Waals surface area contributed by atoms with E-state index in [2.05, 4.69) is 30.6 Å². The number of rotatable bonds is 4. The maximum Gasteiger partial charge on any atom is 0.249 e. The molecule has 1 unspecified atom stereocenters. The molecule has 0 amide bonds. The third-order valence-corrected chi connectivity index (χ3v) is 4.69. The minimum atomic E-state index is -1.20. The molecule has 3 heterocycles. The summed E-state index contributed by atoms with van der Waals surface area (Å²) in [5.74, 6) is 1.86. The van der Waals surface area contributed by atoms with Crippen LogP contribution < -0.4 is 5.32 Å². The molecule has 3 aromatic heterocycles. The van der Waals surface area contributed by atoms with E-state index >= 15 is 0 Å². The van der Waals surface area contributed by atoms with Crippen molar-refractivity contribution in [3.8, 4) is 5.82 Å². The first-order valence-electron chi connectivity index (χ1n) is 7.96. The van der Waals surface area contributed by atoms with Crippen molar-refractivity contribution in [2.24, 2.45) is 0 Å². The zero-order valence-corrected chi connectivity index (χ0v) is 15.3. The molecule has 4 aromatic rings. The lowest BCUT2D eigenvalue weighted by Gasteiger charge is -2.11. The first kappa shape index (κ1) is 16.6. The third-order valence-electron chi connectivity index (χ3n) is 3.89. The monoisotopic (exact) mass is 367 g/mol. The van der Waals surface area contributed by atoms with Crippen LogP contribution in [0.1, 0.15) is 11.5 Å². The molecule has 4 rings (SSSR count). The summed E-state index contributed by atoms with van der Waals surface area (Å²) in [5, 5.41) is 16.4. The molecule has 0 bridgehead atoms. The average molecular weight is 367 g/mol. The van der Waals surface area contributed by atoms with Gasteiger partial charge in [-0.1, -0.05) is 6.07 Å². The van der Waals surface area contributed by atoms with E-state index in [0.717, 1.165) is 28.1 Å². The molecule has 8 nitrogen and oxygen atoms in total. The molecule has 0 fully saturated rings. The maximum atomic E-state index is 11.8. The Morgan fingerprint density at radius 2 is 2.04 bits per heavy atom. The van der Waals surface area contributed by atoms with Crippen molar-refractivity contribution in [2.75, 3.05) is 11.6 Å². The zero-order valence-electron chi connectivity index (χ0n) is 14.5. The van der Waals surface area contributed by atoms with E-state index < -0.39 is 11.2 Å². The van der Waals surface area contributed by atoms with Gasteiger partial charge in [-0.3, -0.25) is 5.10 Å². The second kappa shape index (κ2) is 6.43. The van der Waals surface area contributed by atoms with E-state index in [9.17, 15) is 4.55 Å². The number of nitrogens with zero attached hydrogens (tertiary/aromatic N) is 5. The lowest BCUT2D eigenvalue weighted by atomic mass is 10.2. The van der Waals surface area contributed by atoms with Crippen molar-refractivity contribution in [3.63, 3.8) is 0 Å². The van der Waals surface area contributed by atoms with E-state index in [1.165, 1.54) is 0 Å². The van der Waals surface area contributed by atoms with E-state index in [4.69, 9.17) is 0 Å². The van der Waals surface area contributed by atoms with Crippen LogP contribution in [0.25, 0.3) is 16.7 Å². The summed E-state index contributed by atoms with van der Waals surface area (Å²) in [6.45, 7) is 3.68. The van der Waals surface area contributed by atoms with Crippen LogP contribution in [0.5, 0.6) is 0 Å². The molecule has 0 saturated carbocycles. The summed E-state index contributed by atoms with van der Waals surface area (Å²) in [5.41, 5.74) is 2.68. The number of benzene rings is 1. The number of hydrogen-bond acceptors (Lipinski definition) is 6. The van der Waals surface area contributed by atoms with Crippen molar-refractivity contribution in [1.82, 2.24) is 29.9 Å². The molecule has 1 atom stereocenters. The fraction of sp³-hybridized carbons (Fsp3) is 0.176. The SMILES string of the molecule is Cc1cc(Nc2cccc3[nH]ncc23)n(-c2cc([S+](C)[O-])nc(C)n2)n1. The smallest absolute Gasteiger partial charge is 0.249 e. The fourth-order valence-electron chi connectivity index (χ4n) is 2.76. The van der Waals surface area contributed by atoms with Gasteiger partial charge in [-0.15, -0.1) is 0 Å². The van der Waals surface area contributed by atoms with Gasteiger partial charge in [0.05, 0.1) is 29.2 Å². The van der Waals surface area contributed by atoms with Gasteiger partial charge in [-0.25, -0.2) is 4.98 Å². The molecule has 26 heavy (non-hydrogen) atoms. The van der Waals surface area contributed by atoms with Gasteiger partial charge in [0.1, 0.15) is 17.9 Å². The largest absolute Gasteiger partial charge is 0.610 e. The molecule has 1 aromatic carbocycles. The number of aromatic nitrogens is 6. The number of aromatic amines is 1. The van der Waals surface area contributed by atoms with Crippen LogP contribution in [0.2, 0.25) is 0 Å². The predicted molar refractivity (Wildman–Crippen MR) is 100 cm³/mol. The molecule has 0 spiro atoms. The van der Waals surface area contributed by atoms with Crippen molar-refractivity contribution in [2.45, 2.75) is 18.9 Å². The second-order valence-corrected chi connectivity index (χ2v) is 7.24. The molecule has 9 heteroatoms. The Bertz CT molecular complexity index is 1090. The van der Waals surface area contributed by atoms with Gasteiger partial charge >= 0.3 is 0 Å². The molecule has 0 aliphatic heterocycles. The number of fused-ring (bicyclic) bond motifs is 1. The van der Waals surface area contributed by atoms with Crippen molar-refractivity contribution >= 4 is 33.6 Å². The Morgan fingerprint density at radius 1 is 1.19 bits per heavy atom. The molecular formula is C17H17N7OS. The van der Waals surface area contributed by atoms with Crippen molar-refractivity contribution < 1.29 is 4.55 Å². The van der Waals surface area contributed by atoms with Crippen LogP contribution in [-0.4, -0.2) is 40.8 Å². The lowest BCUT2D eigenvalue weighted by Crippen LogP contribution is -2.10. The standard InChI is InChI=1S/C17H17N7OS/c1-10-7-15(21-13-5-4-6-14-12(13)9-18-22-14)24(23-10)16-8-17(26(3)25)20-11(2)19-16/h4-9,21H,1-3H3,(H,18,22). The Morgan fingerprint density at radius 3 is 2.85 bits per heavy atom. The number of nitrogens with one attached hydrogen (secondary N) is 2. The summed E-state index contributed by atoms with van der Waals surface area (Å²) in [6, 6.07) is 9.51. The van der Waals surface area contributed by atoms with Crippen molar-refractivity contribution in [1.29, 1.82) is 0 Å². The zero-order chi connectivity index (χ0) is 18.3. The molecule has 0 aliphatic rings. The molecular weight excluding hydrogens is 350 g/mol. The molecule has 2 N–H and O–H groups in total. The van der Waals surface area contributed by atoms with Crippen molar-refractivity contribution in [3.05, 3.63) is 48.0 Å². The summed E-state index contributed by atoms with van der Waals surface area (Å²) in [7, 11) is 0. The van der Waals surface area contributed by atoms with Crippen LogP contribution in [0.4, 0.5) is 11.5 Å². The maximum absolute atomic E-state index is 11.8. The summed E-state index contributed by atoms with van der Waals surface area (Å²) in [6.07, 6.45) is 3.37. The number of aryl methyl sites for hydroxylation is 2. The molecule has 0 saturated heterocycles. The van der Waals surface area contributed by atoms with Gasteiger partial charge in [-0.05, 0) is 26.0 Å². The number of hydrogen-bond donors (Lipinski definition) is 2. The minimum absolute atomic E-state index is 0.475. The van der Waals surface area contributed by atoms with Crippen LogP contribution in [-0.2, 0) is 11.2 Å². The lowest BCUT2D eigenvalue weighted by molar-refractivity contribution is 0.595. The van der Waals surface area contributed by atoms with E-state index in [1.807, 2.05) is 31.2 Å². The highest BCUT2D eigenvalue weighted by molar-refractivity contribution is 7.90. The van der Waals surface area contributed by atoms with Gasteiger partial charge in [0, 0.05) is 22.6 Å².